The lowest BCUT2D eigenvalue weighted by Crippen LogP contribution is -2.05. The molecular formula is C8H9ClN2OS. The Morgan fingerprint density at radius 1 is 1.46 bits per heavy atom. The van der Waals surface area contributed by atoms with Gasteiger partial charge in [-0.2, -0.15) is 0 Å². The minimum absolute atomic E-state index is 0.518. The zero-order valence-corrected chi connectivity index (χ0v) is 8.41. The van der Waals surface area contributed by atoms with Gasteiger partial charge in [0.15, 0.2) is 0 Å². The first-order valence-corrected chi connectivity index (χ1v) is 5.46. The molecule has 0 aliphatic carbocycles. The van der Waals surface area contributed by atoms with Gasteiger partial charge in [-0.05, 0) is 17.2 Å². The lowest BCUT2D eigenvalue weighted by Gasteiger charge is -2.04. The summed E-state index contributed by atoms with van der Waals surface area (Å²) in [6, 6.07) is 3.64. The highest BCUT2D eigenvalue weighted by molar-refractivity contribution is 7.82. The molecule has 2 rings (SSSR count). The highest BCUT2D eigenvalue weighted by atomic mass is 35.5. The van der Waals surface area contributed by atoms with Gasteiger partial charge in [0.25, 0.3) is 0 Å². The van der Waals surface area contributed by atoms with E-state index in [-0.39, 0.29) is 0 Å². The molecule has 13 heavy (non-hydrogen) atoms. The van der Waals surface area contributed by atoms with Crippen LogP contribution in [0.5, 0.6) is 0 Å². The largest absolute Gasteiger partial charge is 0.309 e. The maximum absolute atomic E-state index is 11.1. The van der Waals surface area contributed by atoms with Gasteiger partial charge in [0.1, 0.15) is 11.0 Å². The van der Waals surface area contributed by atoms with Crippen LogP contribution in [0.25, 0.3) is 0 Å². The lowest BCUT2D eigenvalue weighted by molar-refractivity contribution is 0.684. The molecule has 1 heterocycles. The molecule has 1 unspecified atom stereocenters. The summed E-state index contributed by atoms with van der Waals surface area (Å²) in [5, 5.41) is 8.99. The third-order valence-electron chi connectivity index (χ3n) is 2.14. The van der Waals surface area contributed by atoms with Gasteiger partial charge in [0, 0.05) is 13.1 Å². The van der Waals surface area contributed by atoms with Crippen LogP contribution in [0.2, 0.25) is 5.02 Å². The molecule has 0 spiro atoms. The van der Waals surface area contributed by atoms with Gasteiger partial charge in [-0.3, -0.25) is 0 Å². The van der Waals surface area contributed by atoms with E-state index in [0.717, 1.165) is 18.7 Å². The molecule has 0 aromatic heterocycles. The van der Waals surface area contributed by atoms with Gasteiger partial charge in [0.2, 0.25) is 0 Å². The molecule has 0 amide bonds. The molecule has 0 saturated carbocycles. The number of nitrogens with two attached hydrogens (primary N) is 1. The van der Waals surface area contributed by atoms with Crippen molar-refractivity contribution in [2.75, 3.05) is 0 Å². The zero-order valence-electron chi connectivity index (χ0n) is 6.84. The van der Waals surface area contributed by atoms with Crippen LogP contribution in [-0.4, -0.2) is 4.21 Å². The van der Waals surface area contributed by atoms with E-state index < -0.39 is 11.0 Å². The molecule has 0 fully saturated rings. The number of hydrogen-bond acceptors (Lipinski definition) is 2. The number of fused-ring (bicyclic) bond motifs is 1. The Morgan fingerprint density at radius 3 is 2.92 bits per heavy atom. The van der Waals surface area contributed by atoms with E-state index in [0.29, 0.717) is 9.92 Å². The van der Waals surface area contributed by atoms with Crippen molar-refractivity contribution in [3.63, 3.8) is 0 Å². The highest BCUT2D eigenvalue weighted by Gasteiger charge is 2.17. The number of hydrogen-bond donors (Lipinski definition) is 2. The molecule has 5 heteroatoms. The smallest absolute Gasteiger partial charge is 0.123 e. The summed E-state index contributed by atoms with van der Waals surface area (Å²) in [4.78, 5) is 0.518. The lowest BCUT2D eigenvalue weighted by atomic mass is 10.1. The molecule has 0 saturated heterocycles. The van der Waals surface area contributed by atoms with Crippen LogP contribution in [0.4, 0.5) is 0 Å². The van der Waals surface area contributed by atoms with E-state index >= 15 is 0 Å². The first-order valence-electron chi connectivity index (χ1n) is 3.87. The minimum atomic E-state index is -1.49. The van der Waals surface area contributed by atoms with Crippen molar-refractivity contribution >= 4 is 22.6 Å². The summed E-state index contributed by atoms with van der Waals surface area (Å²) in [6.45, 7) is 1.56. The van der Waals surface area contributed by atoms with E-state index in [2.05, 4.69) is 5.32 Å². The van der Waals surface area contributed by atoms with Crippen molar-refractivity contribution in [1.82, 2.24) is 5.32 Å². The van der Waals surface area contributed by atoms with Crippen LogP contribution in [0.1, 0.15) is 11.1 Å². The molecule has 1 atom stereocenters. The number of benzene rings is 1. The van der Waals surface area contributed by atoms with Crippen molar-refractivity contribution in [3.8, 4) is 0 Å². The fourth-order valence-corrected chi connectivity index (χ4v) is 2.46. The third kappa shape index (κ3) is 1.50. The predicted molar refractivity (Wildman–Crippen MR) is 52.6 cm³/mol. The van der Waals surface area contributed by atoms with Crippen molar-refractivity contribution < 1.29 is 4.21 Å². The first kappa shape index (κ1) is 9.15. The topological polar surface area (TPSA) is 55.1 Å². The van der Waals surface area contributed by atoms with Crippen LogP contribution in [0, 0.1) is 0 Å². The standard InChI is InChI=1S/C8H9ClN2OS/c9-8-6-4-11-3-5(6)1-2-7(8)13(10)12/h1-2,11H,3-4,10H2. The number of nitrogens with one attached hydrogen (secondary N) is 1. The van der Waals surface area contributed by atoms with Crippen LogP contribution in [0.15, 0.2) is 17.0 Å². The minimum Gasteiger partial charge on any atom is -0.309 e. The predicted octanol–water partition coefficient (Wildman–Crippen LogP) is 0.925. The Kier molecular flexibility index (Phi) is 2.38. The molecule has 0 radical (unpaired) electrons. The maximum Gasteiger partial charge on any atom is 0.123 e. The van der Waals surface area contributed by atoms with E-state index in [4.69, 9.17) is 16.7 Å². The fraction of sp³-hybridized carbons (Fsp3) is 0.250. The SMILES string of the molecule is NS(=O)c1ccc2c(c1Cl)CNC2. The van der Waals surface area contributed by atoms with Gasteiger partial charge >= 0.3 is 0 Å². The van der Waals surface area contributed by atoms with E-state index in [1.165, 1.54) is 5.56 Å². The summed E-state index contributed by atoms with van der Waals surface area (Å²) in [5.74, 6) is 0. The normalized spacial score (nSPS) is 17.1. The quantitative estimate of drug-likeness (QED) is 0.734. The van der Waals surface area contributed by atoms with Crippen molar-refractivity contribution in [2.24, 2.45) is 5.14 Å². The van der Waals surface area contributed by atoms with Gasteiger partial charge in [-0.25, -0.2) is 9.35 Å². The van der Waals surface area contributed by atoms with E-state index in [9.17, 15) is 4.21 Å². The highest BCUT2D eigenvalue weighted by Crippen LogP contribution is 2.28. The molecule has 3 N–H and O–H groups in total. The van der Waals surface area contributed by atoms with Crippen LogP contribution in [-0.2, 0) is 24.1 Å². The Labute approximate surface area is 83.9 Å². The summed E-state index contributed by atoms with van der Waals surface area (Å²) in [5.41, 5.74) is 2.19. The molecule has 3 nitrogen and oxygen atoms in total. The van der Waals surface area contributed by atoms with Crippen molar-refractivity contribution in [2.45, 2.75) is 18.0 Å². The second kappa shape index (κ2) is 3.38. The monoisotopic (exact) mass is 216 g/mol. The second-order valence-corrected chi connectivity index (χ2v) is 4.33. The average Bonchev–Trinajstić information content (AvgIpc) is 2.52. The van der Waals surface area contributed by atoms with Gasteiger partial charge in [-0.15, -0.1) is 0 Å². The van der Waals surface area contributed by atoms with Crippen LogP contribution < -0.4 is 10.5 Å². The summed E-state index contributed by atoms with van der Waals surface area (Å²) in [7, 11) is -1.49. The molecule has 1 aromatic carbocycles. The van der Waals surface area contributed by atoms with Crippen LogP contribution in [0.3, 0.4) is 0 Å². The van der Waals surface area contributed by atoms with Gasteiger partial charge < -0.3 is 5.32 Å². The average molecular weight is 217 g/mol. The summed E-state index contributed by atoms with van der Waals surface area (Å²) < 4.78 is 11.1. The Bertz CT molecular complexity index is 381. The maximum atomic E-state index is 11.1. The molecule has 1 aliphatic heterocycles. The van der Waals surface area contributed by atoms with Crippen molar-refractivity contribution in [1.29, 1.82) is 0 Å². The molecule has 0 bridgehead atoms. The molecule has 1 aliphatic rings. The molecular weight excluding hydrogens is 208 g/mol. The van der Waals surface area contributed by atoms with E-state index in [1.807, 2.05) is 6.07 Å². The summed E-state index contributed by atoms with van der Waals surface area (Å²) in [6.07, 6.45) is 0. The van der Waals surface area contributed by atoms with Gasteiger partial charge in [0.05, 0.1) is 9.92 Å². The zero-order chi connectivity index (χ0) is 9.42. The van der Waals surface area contributed by atoms with E-state index in [1.54, 1.807) is 6.07 Å². The Morgan fingerprint density at radius 2 is 2.23 bits per heavy atom. The summed E-state index contributed by atoms with van der Waals surface area (Å²) >= 11 is 6.04. The Hall–Kier alpha value is -0.420. The second-order valence-electron chi connectivity index (χ2n) is 2.92. The van der Waals surface area contributed by atoms with Gasteiger partial charge in [-0.1, -0.05) is 17.7 Å². The van der Waals surface area contributed by atoms with Crippen LogP contribution >= 0.6 is 11.6 Å². The third-order valence-corrected chi connectivity index (χ3v) is 3.46. The van der Waals surface area contributed by atoms with Crippen molar-refractivity contribution in [3.05, 3.63) is 28.3 Å². The Balaban J connectivity index is 2.59. The number of halogens is 1. The fourth-order valence-electron chi connectivity index (χ4n) is 1.47. The number of rotatable bonds is 1. The molecule has 1 aromatic rings. The first-order chi connectivity index (χ1) is 6.20. The molecule has 70 valence electrons.